The number of hydrogen-bond donors (Lipinski definition) is 2. The molecule has 0 unspecified atom stereocenters. The lowest BCUT2D eigenvalue weighted by Gasteiger charge is -2.15. The van der Waals surface area contributed by atoms with E-state index in [1.807, 2.05) is 16.4 Å². The van der Waals surface area contributed by atoms with Crippen LogP contribution < -0.4 is 10.6 Å². The summed E-state index contributed by atoms with van der Waals surface area (Å²) in [5, 5.41) is 19.8. The molecule has 2 aliphatic rings. The van der Waals surface area contributed by atoms with Gasteiger partial charge in [0.1, 0.15) is 11.6 Å². The first-order valence-corrected chi connectivity index (χ1v) is 11.8. The first kappa shape index (κ1) is 22.5. The zero-order valence-electron chi connectivity index (χ0n) is 17.1. The van der Waals surface area contributed by atoms with E-state index in [2.05, 4.69) is 26.7 Å². The first-order chi connectivity index (χ1) is 15.5. The highest BCUT2D eigenvalue weighted by molar-refractivity contribution is 8.06. The molecule has 0 spiro atoms. The van der Waals surface area contributed by atoms with Gasteiger partial charge in [-0.25, -0.2) is 9.97 Å². The molecule has 4 rings (SSSR count). The number of hydrogen-bond acceptors (Lipinski definition) is 7. The molecule has 1 saturated heterocycles. The molecule has 164 valence electrons. The number of halogens is 2. The van der Waals surface area contributed by atoms with E-state index in [-0.39, 0.29) is 5.91 Å². The van der Waals surface area contributed by atoms with Crippen molar-refractivity contribution in [3.05, 3.63) is 62.2 Å². The summed E-state index contributed by atoms with van der Waals surface area (Å²) in [7, 11) is 0. The van der Waals surface area contributed by atoms with Crippen LogP contribution in [0.1, 0.15) is 30.5 Å². The van der Waals surface area contributed by atoms with E-state index in [1.54, 1.807) is 24.4 Å². The molecule has 3 heterocycles. The highest BCUT2D eigenvalue weighted by Crippen LogP contribution is 2.36. The van der Waals surface area contributed by atoms with Crippen molar-refractivity contribution >= 4 is 58.1 Å². The quantitative estimate of drug-likeness (QED) is 0.431. The fraction of sp³-hybridized carbons (Fsp3) is 0.273. The molecule has 2 aliphatic heterocycles. The molecule has 0 bridgehead atoms. The minimum atomic E-state index is 0.226. The Labute approximate surface area is 200 Å². The number of nitriles is 1. The number of allylic oxidation sites excluding steroid dienone is 1. The van der Waals surface area contributed by atoms with Crippen LogP contribution in [0.5, 0.6) is 0 Å². The SMILES string of the molecule is N#C/C(=C1\NC(c2ccc(Cl)c(Cl)c2)=CS1)c1ccnc(NCCCN2CCCC2=O)n1. The number of anilines is 1. The number of nitrogens with zero attached hydrogens (tertiary/aromatic N) is 4. The number of aromatic nitrogens is 2. The summed E-state index contributed by atoms with van der Waals surface area (Å²) in [5.74, 6) is 0.674. The molecule has 2 aromatic rings. The van der Waals surface area contributed by atoms with Gasteiger partial charge in [0.05, 0.1) is 26.5 Å². The summed E-state index contributed by atoms with van der Waals surface area (Å²) in [6.07, 6.45) is 4.02. The van der Waals surface area contributed by atoms with Crippen molar-refractivity contribution in [1.29, 1.82) is 5.26 Å². The molecule has 1 aromatic carbocycles. The molecule has 1 fully saturated rings. The lowest BCUT2D eigenvalue weighted by Crippen LogP contribution is -2.27. The van der Waals surface area contributed by atoms with Crippen molar-refractivity contribution in [2.75, 3.05) is 25.0 Å². The summed E-state index contributed by atoms with van der Waals surface area (Å²) < 4.78 is 0. The lowest BCUT2D eigenvalue weighted by atomic mass is 10.1. The summed E-state index contributed by atoms with van der Waals surface area (Å²) in [6, 6.07) is 9.33. The van der Waals surface area contributed by atoms with Gasteiger partial charge in [0.2, 0.25) is 11.9 Å². The van der Waals surface area contributed by atoms with Gasteiger partial charge >= 0.3 is 0 Å². The standard InChI is InChI=1S/C22H20Cl2N6OS/c23-16-5-4-14(11-17(16)24)19-13-32-21(28-19)15(12-25)18-6-8-27-22(29-18)26-7-2-10-30-9-1-3-20(30)31/h4-6,8,11,13,28H,1-3,7,9-10H2,(H,26,27,29)/b21-15-. The van der Waals surface area contributed by atoms with E-state index in [1.165, 1.54) is 11.8 Å². The molecule has 0 atom stereocenters. The average Bonchev–Trinajstić information content (AvgIpc) is 3.44. The predicted octanol–water partition coefficient (Wildman–Crippen LogP) is 4.73. The molecule has 1 aromatic heterocycles. The summed E-state index contributed by atoms with van der Waals surface area (Å²) >= 11 is 13.5. The van der Waals surface area contributed by atoms with Crippen molar-refractivity contribution in [3.63, 3.8) is 0 Å². The molecule has 0 aliphatic carbocycles. The molecular weight excluding hydrogens is 467 g/mol. The lowest BCUT2D eigenvalue weighted by molar-refractivity contribution is -0.127. The maximum atomic E-state index is 11.7. The Morgan fingerprint density at radius 2 is 2.19 bits per heavy atom. The smallest absolute Gasteiger partial charge is 0.223 e. The van der Waals surface area contributed by atoms with E-state index in [0.717, 1.165) is 37.2 Å². The van der Waals surface area contributed by atoms with Crippen molar-refractivity contribution in [2.24, 2.45) is 0 Å². The largest absolute Gasteiger partial charge is 0.354 e. The Bertz CT molecular complexity index is 1140. The van der Waals surface area contributed by atoms with Crippen molar-refractivity contribution < 1.29 is 4.79 Å². The summed E-state index contributed by atoms with van der Waals surface area (Å²) in [6.45, 7) is 2.21. The second kappa shape index (κ2) is 10.3. The first-order valence-electron chi connectivity index (χ1n) is 10.1. The molecule has 10 heteroatoms. The number of rotatable bonds is 7. The number of thioether (sulfide) groups is 1. The van der Waals surface area contributed by atoms with Gasteiger partial charge in [-0.05, 0) is 31.0 Å². The third-order valence-corrected chi connectivity index (χ3v) is 6.72. The molecule has 0 radical (unpaired) electrons. The van der Waals surface area contributed by atoms with E-state index in [4.69, 9.17) is 23.2 Å². The van der Waals surface area contributed by atoms with E-state index >= 15 is 0 Å². The Morgan fingerprint density at radius 3 is 2.94 bits per heavy atom. The van der Waals surface area contributed by atoms with Gasteiger partial charge in [0.15, 0.2) is 0 Å². The molecule has 0 saturated carbocycles. The van der Waals surface area contributed by atoms with Crippen molar-refractivity contribution in [3.8, 4) is 6.07 Å². The third kappa shape index (κ3) is 5.18. The van der Waals surface area contributed by atoms with Gasteiger partial charge < -0.3 is 15.5 Å². The predicted molar refractivity (Wildman–Crippen MR) is 129 cm³/mol. The highest BCUT2D eigenvalue weighted by atomic mass is 35.5. The normalized spacial score (nSPS) is 17.1. The van der Waals surface area contributed by atoms with Crippen LogP contribution in [-0.2, 0) is 4.79 Å². The Hall–Kier alpha value is -2.73. The minimum Gasteiger partial charge on any atom is -0.354 e. The number of amides is 1. The summed E-state index contributed by atoms with van der Waals surface area (Å²) in [4.78, 5) is 22.3. The number of benzene rings is 1. The third-order valence-electron chi connectivity index (χ3n) is 5.08. The van der Waals surface area contributed by atoms with Gasteiger partial charge in [-0.2, -0.15) is 5.26 Å². The maximum absolute atomic E-state index is 11.7. The molecule has 1 amide bonds. The van der Waals surface area contributed by atoms with E-state index in [0.29, 0.717) is 45.3 Å². The van der Waals surface area contributed by atoms with Crippen LogP contribution in [0.4, 0.5) is 5.95 Å². The topological polar surface area (TPSA) is 93.9 Å². The second-order valence-corrected chi connectivity index (χ2v) is 8.94. The zero-order valence-corrected chi connectivity index (χ0v) is 19.4. The van der Waals surface area contributed by atoms with Crippen LogP contribution in [-0.4, -0.2) is 40.4 Å². The molecular formula is C22H20Cl2N6OS. The van der Waals surface area contributed by atoms with Gasteiger partial charge in [-0.3, -0.25) is 4.79 Å². The Morgan fingerprint density at radius 1 is 1.31 bits per heavy atom. The molecule has 7 nitrogen and oxygen atoms in total. The maximum Gasteiger partial charge on any atom is 0.223 e. The number of carbonyl (C=O) groups is 1. The molecule has 32 heavy (non-hydrogen) atoms. The average molecular weight is 487 g/mol. The number of nitrogens with one attached hydrogen (secondary N) is 2. The highest BCUT2D eigenvalue weighted by Gasteiger charge is 2.20. The summed E-state index contributed by atoms with van der Waals surface area (Å²) in [5.41, 5.74) is 2.66. The number of carbonyl (C=O) groups excluding carboxylic acids is 1. The van der Waals surface area contributed by atoms with Gasteiger partial charge in [0.25, 0.3) is 0 Å². The van der Waals surface area contributed by atoms with Crippen LogP contribution >= 0.6 is 35.0 Å². The van der Waals surface area contributed by atoms with Crippen LogP contribution in [0.3, 0.4) is 0 Å². The second-order valence-electron chi connectivity index (χ2n) is 7.25. The van der Waals surface area contributed by atoms with E-state index in [9.17, 15) is 10.1 Å². The zero-order chi connectivity index (χ0) is 22.5. The number of likely N-dealkylation sites (tertiary alicyclic amines) is 1. The monoisotopic (exact) mass is 486 g/mol. The fourth-order valence-corrected chi connectivity index (χ4v) is 4.61. The van der Waals surface area contributed by atoms with Gasteiger partial charge in [-0.1, -0.05) is 41.0 Å². The minimum absolute atomic E-state index is 0.226. The fourth-order valence-electron chi connectivity index (χ4n) is 3.44. The van der Waals surface area contributed by atoms with E-state index < -0.39 is 0 Å². The van der Waals surface area contributed by atoms with Crippen molar-refractivity contribution in [1.82, 2.24) is 20.2 Å². The van der Waals surface area contributed by atoms with Crippen LogP contribution in [0.25, 0.3) is 11.3 Å². The molecule has 2 N–H and O–H groups in total. The van der Waals surface area contributed by atoms with Crippen LogP contribution in [0.15, 0.2) is 40.9 Å². The van der Waals surface area contributed by atoms with Gasteiger partial charge in [-0.15, -0.1) is 0 Å². The Balaban J connectivity index is 1.41. The van der Waals surface area contributed by atoms with Crippen molar-refractivity contribution in [2.45, 2.75) is 19.3 Å². The van der Waals surface area contributed by atoms with Crippen LogP contribution in [0, 0.1) is 11.3 Å². The van der Waals surface area contributed by atoms with Crippen LogP contribution in [0.2, 0.25) is 10.0 Å². The van der Waals surface area contributed by atoms with Gasteiger partial charge in [0, 0.05) is 43.2 Å². The Kier molecular flexibility index (Phi) is 7.20.